The Labute approximate surface area is 191 Å². The molecule has 1 N–H and O–H groups in total. The molecule has 4 rings (SSSR count). The maximum atomic E-state index is 13.5. The molecule has 0 aromatic heterocycles. The van der Waals surface area contributed by atoms with Gasteiger partial charge in [-0.2, -0.15) is 0 Å². The van der Waals surface area contributed by atoms with E-state index >= 15 is 0 Å². The second-order valence-corrected chi connectivity index (χ2v) is 9.10. The largest absolute Gasteiger partial charge is 0.481 e. The highest BCUT2D eigenvalue weighted by Crippen LogP contribution is 2.45. The zero-order chi connectivity index (χ0) is 22.0. The van der Waals surface area contributed by atoms with Crippen LogP contribution in [0.5, 0.6) is 0 Å². The molecule has 31 heavy (non-hydrogen) atoms. The lowest BCUT2D eigenvalue weighted by Crippen LogP contribution is -2.55. The summed E-state index contributed by atoms with van der Waals surface area (Å²) in [6.07, 6.45) is 3.11. The maximum absolute atomic E-state index is 13.5. The van der Waals surface area contributed by atoms with E-state index in [1.54, 1.807) is 18.2 Å². The summed E-state index contributed by atoms with van der Waals surface area (Å²) in [6.45, 7) is 0. The molecule has 1 aliphatic heterocycles. The normalized spacial score (nSPS) is 24.9. The predicted molar refractivity (Wildman–Crippen MR) is 119 cm³/mol. The second kappa shape index (κ2) is 9.60. The Hall–Kier alpha value is -2.08. The number of hydrogen-bond acceptors (Lipinski definition) is 3. The SMILES string of the molecule is O=C(O)C[C@H]1O[C@H](c2cccc(Cl)c2)[C@@H](c2ccc(Cl)cc2)N(C2CCCCC2)C1=O. The highest BCUT2D eigenvalue weighted by atomic mass is 35.5. The minimum Gasteiger partial charge on any atom is -0.481 e. The molecule has 1 saturated carbocycles. The lowest BCUT2D eigenvalue weighted by molar-refractivity contribution is -0.184. The summed E-state index contributed by atoms with van der Waals surface area (Å²) >= 11 is 12.4. The van der Waals surface area contributed by atoms with Gasteiger partial charge in [-0.05, 0) is 48.2 Å². The number of ether oxygens (including phenoxy) is 1. The molecule has 3 atom stereocenters. The Kier molecular flexibility index (Phi) is 6.85. The van der Waals surface area contributed by atoms with Crippen LogP contribution in [0.25, 0.3) is 0 Å². The fourth-order valence-electron chi connectivity index (χ4n) is 4.76. The summed E-state index contributed by atoms with van der Waals surface area (Å²) in [7, 11) is 0. The maximum Gasteiger partial charge on any atom is 0.306 e. The molecular formula is C24H25Cl2NO4. The van der Waals surface area contributed by atoms with E-state index < -0.39 is 24.2 Å². The first kappa shape index (κ1) is 22.1. The van der Waals surface area contributed by atoms with Gasteiger partial charge in [0.1, 0.15) is 12.2 Å². The van der Waals surface area contributed by atoms with Gasteiger partial charge >= 0.3 is 5.97 Å². The molecule has 1 amide bonds. The number of halogens is 2. The molecule has 2 aliphatic rings. The van der Waals surface area contributed by atoms with Gasteiger partial charge in [-0.15, -0.1) is 0 Å². The quantitative estimate of drug-likeness (QED) is 0.609. The van der Waals surface area contributed by atoms with Gasteiger partial charge in [0.15, 0.2) is 0 Å². The Morgan fingerprint density at radius 1 is 1.00 bits per heavy atom. The molecule has 7 heteroatoms. The number of aliphatic carboxylic acids is 1. The number of carboxylic acids is 1. The van der Waals surface area contributed by atoms with Crippen LogP contribution in [-0.2, 0) is 14.3 Å². The Morgan fingerprint density at radius 3 is 2.35 bits per heavy atom. The average Bonchev–Trinajstić information content (AvgIpc) is 2.76. The Balaban J connectivity index is 1.82. The van der Waals surface area contributed by atoms with Gasteiger partial charge in [-0.1, -0.05) is 66.7 Å². The number of nitrogens with zero attached hydrogens (tertiary/aromatic N) is 1. The third-order valence-electron chi connectivity index (χ3n) is 6.14. The smallest absolute Gasteiger partial charge is 0.306 e. The molecule has 5 nitrogen and oxygen atoms in total. The molecule has 2 aromatic carbocycles. The molecule has 1 saturated heterocycles. The van der Waals surface area contributed by atoms with Gasteiger partial charge in [-0.25, -0.2) is 0 Å². The van der Waals surface area contributed by atoms with Gasteiger partial charge in [0.05, 0.1) is 12.5 Å². The minimum atomic E-state index is -1.06. The van der Waals surface area contributed by atoms with E-state index in [4.69, 9.17) is 27.9 Å². The second-order valence-electron chi connectivity index (χ2n) is 8.23. The van der Waals surface area contributed by atoms with E-state index in [1.807, 2.05) is 35.2 Å². The number of carboxylic acid groups (broad SMARTS) is 1. The van der Waals surface area contributed by atoms with Gasteiger partial charge in [0, 0.05) is 16.1 Å². The molecule has 0 spiro atoms. The highest BCUT2D eigenvalue weighted by Gasteiger charge is 2.47. The minimum absolute atomic E-state index is 0.0452. The molecule has 0 bridgehead atoms. The highest BCUT2D eigenvalue weighted by molar-refractivity contribution is 6.30. The van der Waals surface area contributed by atoms with Crippen molar-refractivity contribution in [3.05, 3.63) is 69.7 Å². The van der Waals surface area contributed by atoms with Crippen LogP contribution in [0.3, 0.4) is 0 Å². The summed E-state index contributed by atoms with van der Waals surface area (Å²) in [4.78, 5) is 26.9. The summed E-state index contributed by atoms with van der Waals surface area (Å²) in [5.41, 5.74) is 1.72. The van der Waals surface area contributed by atoms with Gasteiger partial charge < -0.3 is 14.7 Å². The predicted octanol–water partition coefficient (Wildman–Crippen LogP) is 5.81. The number of hydrogen-bond donors (Lipinski definition) is 1. The lowest BCUT2D eigenvalue weighted by atomic mass is 9.86. The first-order valence-corrected chi connectivity index (χ1v) is 11.4. The van der Waals surface area contributed by atoms with Crippen molar-refractivity contribution in [2.24, 2.45) is 0 Å². The fraction of sp³-hybridized carbons (Fsp3) is 0.417. The molecule has 1 heterocycles. The standard InChI is InChI=1S/C24H25Cl2NO4/c25-17-11-9-15(10-12-17)22-23(16-5-4-6-18(26)13-16)31-20(14-21(28)29)24(30)27(22)19-7-2-1-3-8-19/h4-6,9-13,19-20,22-23H,1-3,7-8,14H2,(H,28,29)/t20-,22-,23-/m1/s1. The van der Waals surface area contributed by atoms with Crippen molar-refractivity contribution < 1.29 is 19.4 Å². The number of benzene rings is 2. The number of carbonyl (C=O) groups is 2. The molecule has 164 valence electrons. The van der Waals surface area contributed by atoms with Gasteiger partial charge in [0.2, 0.25) is 0 Å². The summed E-state index contributed by atoms with van der Waals surface area (Å²) in [6, 6.07) is 14.4. The van der Waals surface area contributed by atoms with Crippen LogP contribution in [0.4, 0.5) is 0 Å². The summed E-state index contributed by atoms with van der Waals surface area (Å²) in [5.74, 6) is -1.32. The number of amides is 1. The van der Waals surface area contributed by atoms with Crippen molar-refractivity contribution in [2.45, 2.75) is 62.8 Å². The summed E-state index contributed by atoms with van der Waals surface area (Å²) in [5, 5.41) is 10.6. The zero-order valence-electron chi connectivity index (χ0n) is 17.0. The van der Waals surface area contributed by atoms with Crippen LogP contribution in [0.1, 0.15) is 61.8 Å². The van der Waals surface area contributed by atoms with Crippen molar-refractivity contribution >= 4 is 35.1 Å². The Bertz CT molecular complexity index is 943. The molecular weight excluding hydrogens is 437 g/mol. The summed E-state index contributed by atoms with van der Waals surface area (Å²) < 4.78 is 6.21. The van der Waals surface area contributed by atoms with E-state index in [-0.39, 0.29) is 18.4 Å². The first-order chi connectivity index (χ1) is 14.9. The molecule has 0 radical (unpaired) electrons. The van der Waals surface area contributed by atoms with E-state index in [0.29, 0.717) is 10.0 Å². The van der Waals surface area contributed by atoms with Crippen molar-refractivity contribution in [1.82, 2.24) is 4.90 Å². The van der Waals surface area contributed by atoms with Crippen LogP contribution >= 0.6 is 23.2 Å². The molecule has 2 fully saturated rings. The van der Waals surface area contributed by atoms with Crippen LogP contribution in [0.15, 0.2) is 48.5 Å². The van der Waals surface area contributed by atoms with Gasteiger partial charge in [0.25, 0.3) is 5.91 Å². The first-order valence-electron chi connectivity index (χ1n) is 10.6. The van der Waals surface area contributed by atoms with E-state index in [1.165, 1.54) is 0 Å². The van der Waals surface area contributed by atoms with E-state index in [2.05, 4.69) is 0 Å². The van der Waals surface area contributed by atoms with Crippen molar-refractivity contribution in [1.29, 1.82) is 0 Å². The van der Waals surface area contributed by atoms with Crippen molar-refractivity contribution in [3.8, 4) is 0 Å². The lowest BCUT2D eigenvalue weighted by Gasteiger charge is -2.49. The van der Waals surface area contributed by atoms with Gasteiger partial charge in [-0.3, -0.25) is 9.59 Å². The number of carbonyl (C=O) groups excluding carboxylic acids is 1. The molecule has 2 aromatic rings. The zero-order valence-corrected chi connectivity index (χ0v) is 18.6. The Morgan fingerprint density at radius 2 is 1.71 bits per heavy atom. The topological polar surface area (TPSA) is 66.8 Å². The number of morpholine rings is 1. The van der Waals surface area contributed by atoms with Crippen LogP contribution in [0, 0.1) is 0 Å². The third kappa shape index (κ3) is 4.89. The van der Waals surface area contributed by atoms with Crippen LogP contribution in [0.2, 0.25) is 10.0 Å². The van der Waals surface area contributed by atoms with Crippen LogP contribution in [-0.4, -0.2) is 34.0 Å². The average molecular weight is 462 g/mol. The monoisotopic (exact) mass is 461 g/mol. The van der Waals surface area contributed by atoms with Crippen molar-refractivity contribution in [3.63, 3.8) is 0 Å². The third-order valence-corrected chi connectivity index (χ3v) is 6.63. The number of rotatable bonds is 5. The molecule has 0 unspecified atom stereocenters. The van der Waals surface area contributed by atoms with Crippen molar-refractivity contribution in [2.75, 3.05) is 0 Å². The van der Waals surface area contributed by atoms with E-state index in [0.717, 1.165) is 43.2 Å². The fourth-order valence-corrected chi connectivity index (χ4v) is 5.08. The molecule has 1 aliphatic carbocycles. The van der Waals surface area contributed by atoms with Crippen LogP contribution < -0.4 is 0 Å². The van der Waals surface area contributed by atoms with E-state index in [9.17, 15) is 14.7 Å².